The average molecular weight is 580 g/mol. The van der Waals surface area contributed by atoms with E-state index in [1.54, 1.807) is 36.4 Å². The van der Waals surface area contributed by atoms with Crippen molar-refractivity contribution in [1.82, 2.24) is 0 Å². The highest BCUT2D eigenvalue weighted by Gasteiger charge is 2.20. The first-order valence-corrected chi connectivity index (χ1v) is 15.5. The summed E-state index contributed by atoms with van der Waals surface area (Å²) >= 11 is 0. The Hall–Kier alpha value is -4.35. The van der Waals surface area contributed by atoms with Gasteiger partial charge < -0.3 is 10.1 Å². The van der Waals surface area contributed by atoms with E-state index >= 15 is 0 Å². The second-order valence-electron chi connectivity index (χ2n) is 9.06. The highest BCUT2D eigenvalue weighted by atomic mass is 32.2. The molecule has 0 bridgehead atoms. The molecule has 0 aliphatic heterocycles. The van der Waals surface area contributed by atoms with Gasteiger partial charge >= 0.3 is 0 Å². The molecule has 0 spiro atoms. The van der Waals surface area contributed by atoms with Crippen LogP contribution in [-0.4, -0.2) is 36.1 Å². The van der Waals surface area contributed by atoms with E-state index in [0.717, 1.165) is 17.4 Å². The fraction of sp³-hybridized carbons (Fsp3) is 0.138. The van der Waals surface area contributed by atoms with Crippen molar-refractivity contribution in [1.29, 1.82) is 0 Å². The van der Waals surface area contributed by atoms with Gasteiger partial charge in [0.15, 0.2) is 0 Å². The number of nitrogens with one attached hydrogen (secondary N) is 2. The minimum absolute atomic E-state index is 0.0280. The number of hydrogen-bond acceptors (Lipinski definition) is 6. The molecule has 2 N–H and O–H groups in total. The number of rotatable bonds is 10. The monoisotopic (exact) mass is 579 g/mol. The minimum atomic E-state index is -3.84. The van der Waals surface area contributed by atoms with E-state index < -0.39 is 26.0 Å². The predicted octanol–water partition coefficient (Wildman–Crippen LogP) is 5.02. The third-order valence-corrected chi connectivity index (χ3v) is 8.70. The van der Waals surface area contributed by atoms with E-state index in [9.17, 15) is 21.6 Å². The third-order valence-electron chi connectivity index (χ3n) is 6.16. The smallest absolute Gasteiger partial charge is 0.261 e. The second-order valence-corrected chi connectivity index (χ2v) is 12.6. The molecule has 0 unspecified atom stereocenters. The molecule has 4 aromatic carbocycles. The fourth-order valence-corrected chi connectivity index (χ4v) is 5.85. The Balaban J connectivity index is 1.44. The zero-order chi connectivity index (χ0) is 28.9. The molecule has 4 aromatic rings. The van der Waals surface area contributed by atoms with Gasteiger partial charge in [-0.05, 0) is 90.8 Å². The molecular weight excluding hydrogens is 550 g/mol. The summed E-state index contributed by atoms with van der Waals surface area (Å²) in [6.45, 7) is 2.09. The largest absolute Gasteiger partial charge is 0.497 e. The molecule has 208 valence electrons. The molecule has 0 heterocycles. The van der Waals surface area contributed by atoms with Crippen molar-refractivity contribution in [3.05, 3.63) is 114 Å². The van der Waals surface area contributed by atoms with Crippen LogP contribution in [0.15, 0.2) is 102 Å². The number of anilines is 3. The van der Waals surface area contributed by atoms with Gasteiger partial charge in [-0.3, -0.25) is 13.8 Å². The molecule has 9 nitrogen and oxygen atoms in total. The van der Waals surface area contributed by atoms with Gasteiger partial charge in [-0.1, -0.05) is 24.3 Å². The van der Waals surface area contributed by atoms with Crippen LogP contribution in [0.1, 0.15) is 21.5 Å². The lowest BCUT2D eigenvalue weighted by Gasteiger charge is -2.23. The van der Waals surface area contributed by atoms with Crippen LogP contribution >= 0.6 is 0 Å². The van der Waals surface area contributed by atoms with Crippen LogP contribution < -0.4 is 19.1 Å². The highest BCUT2D eigenvalue weighted by Crippen LogP contribution is 2.24. The van der Waals surface area contributed by atoms with Gasteiger partial charge in [0.2, 0.25) is 10.0 Å². The maximum Gasteiger partial charge on any atom is 0.261 e. The lowest BCUT2D eigenvalue weighted by atomic mass is 10.1. The van der Waals surface area contributed by atoms with Gasteiger partial charge in [0.25, 0.3) is 15.9 Å². The molecule has 0 atom stereocenters. The number of ether oxygens (including phenoxy) is 1. The van der Waals surface area contributed by atoms with Crippen LogP contribution in [0, 0.1) is 6.92 Å². The Morgan fingerprint density at radius 2 is 1.40 bits per heavy atom. The van der Waals surface area contributed by atoms with Gasteiger partial charge in [0.05, 0.1) is 30.5 Å². The van der Waals surface area contributed by atoms with Gasteiger partial charge in [-0.25, -0.2) is 16.8 Å². The topological polar surface area (TPSA) is 122 Å². The van der Waals surface area contributed by atoms with Gasteiger partial charge in [0, 0.05) is 16.9 Å². The molecule has 0 radical (unpaired) electrons. The molecular formula is C29H29N3O6S2. The summed E-state index contributed by atoms with van der Waals surface area (Å²) in [5.41, 5.74) is 3.37. The summed E-state index contributed by atoms with van der Waals surface area (Å²) in [6, 6.07) is 26.0. The Morgan fingerprint density at radius 3 is 1.98 bits per heavy atom. The van der Waals surface area contributed by atoms with Crippen molar-refractivity contribution >= 4 is 43.0 Å². The molecule has 4 rings (SSSR count). The van der Waals surface area contributed by atoms with E-state index in [1.165, 1.54) is 47.8 Å². The van der Waals surface area contributed by atoms with Gasteiger partial charge in [-0.15, -0.1) is 0 Å². The van der Waals surface area contributed by atoms with Crippen LogP contribution in [0.3, 0.4) is 0 Å². The molecule has 40 heavy (non-hydrogen) atoms. The summed E-state index contributed by atoms with van der Waals surface area (Å²) in [7, 11) is -5.90. The zero-order valence-electron chi connectivity index (χ0n) is 22.2. The SMILES string of the molecule is COc1ccc(NS(=O)(=O)c2ccc(NC(=O)c3ccc(N(Cc4ccccc4C)S(C)(=O)=O)cc3)cc2)cc1. The van der Waals surface area contributed by atoms with E-state index in [4.69, 9.17) is 4.74 Å². The summed E-state index contributed by atoms with van der Waals surface area (Å²) in [4.78, 5) is 12.8. The Bertz CT molecular complexity index is 1700. The van der Waals surface area contributed by atoms with Gasteiger partial charge in [-0.2, -0.15) is 0 Å². The number of carbonyl (C=O) groups excluding carboxylic acids is 1. The van der Waals surface area contributed by atoms with Crippen LogP contribution in [-0.2, 0) is 26.6 Å². The van der Waals surface area contributed by atoms with E-state index in [1.807, 2.05) is 31.2 Å². The third kappa shape index (κ3) is 6.99. The Labute approximate surface area is 234 Å². The summed E-state index contributed by atoms with van der Waals surface area (Å²) in [5, 5.41) is 2.73. The van der Waals surface area contributed by atoms with E-state index in [2.05, 4.69) is 10.0 Å². The van der Waals surface area contributed by atoms with Crippen molar-refractivity contribution < 1.29 is 26.4 Å². The lowest BCUT2D eigenvalue weighted by molar-refractivity contribution is 0.102. The number of sulfonamides is 2. The minimum Gasteiger partial charge on any atom is -0.497 e. The molecule has 11 heteroatoms. The quantitative estimate of drug-likeness (QED) is 0.272. The van der Waals surface area contributed by atoms with Crippen LogP contribution in [0.4, 0.5) is 17.1 Å². The fourth-order valence-electron chi connectivity index (χ4n) is 3.92. The summed E-state index contributed by atoms with van der Waals surface area (Å²) in [5.74, 6) is 0.177. The standard InChI is InChI=1S/C29H29N3O6S2/c1-21-6-4-5-7-23(21)20-32(39(3,34)35)26-14-8-22(9-15-26)29(33)30-24-12-18-28(19-13-24)40(36,37)31-25-10-16-27(38-2)17-11-25/h4-19,31H,20H2,1-3H3,(H,30,33). The Kier molecular flexibility index (Phi) is 8.46. The Morgan fingerprint density at radius 1 is 0.800 bits per heavy atom. The van der Waals surface area contributed by atoms with Crippen LogP contribution in [0.25, 0.3) is 0 Å². The number of methoxy groups -OCH3 is 1. The molecule has 0 aromatic heterocycles. The summed E-state index contributed by atoms with van der Waals surface area (Å²) in [6.07, 6.45) is 1.14. The van der Waals surface area contributed by atoms with Crippen LogP contribution in [0.5, 0.6) is 5.75 Å². The zero-order valence-corrected chi connectivity index (χ0v) is 23.8. The number of hydrogen-bond donors (Lipinski definition) is 2. The van der Waals surface area contributed by atoms with E-state index in [-0.39, 0.29) is 11.4 Å². The molecule has 1 amide bonds. The van der Waals surface area contributed by atoms with Crippen molar-refractivity contribution in [2.24, 2.45) is 0 Å². The second kappa shape index (κ2) is 11.8. The van der Waals surface area contributed by atoms with Crippen LogP contribution in [0.2, 0.25) is 0 Å². The molecule has 0 saturated heterocycles. The van der Waals surface area contributed by atoms with Crippen molar-refractivity contribution in [2.45, 2.75) is 18.4 Å². The first kappa shape index (κ1) is 28.7. The molecule has 0 fully saturated rings. The first-order valence-electron chi connectivity index (χ1n) is 12.2. The highest BCUT2D eigenvalue weighted by molar-refractivity contribution is 7.92. The molecule has 0 aliphatic rings. The van der Waals surface area contributed by atoms with Crippen molar-refractivity contribution in [3.63, 3.8) is 0 Å². The number of carbonyl (C=O) groups is 1. The first-order chi connectivity index (χ1) is 19.0. The normalized spacial score (nSPS) is 11.5. The number of aryl methyl sites for hydroxylation is 1. The van der Waals surface area contributed by atoms with Crippen molar-refractivity contribution in [3.8, 4) is 5.75 Å². The number of nitrogens with zero attached hydrogens (tertiary/aromatic N) is 1. The maximum atomic E-state index is 12.8. The predicted molar refractivity (Wildman–Crippen MR) is 157 cm³/mol. The lowest BCUT2D eigenvalue weighted by Crippen LogP contribution is -2.29. The molecule has 0 aliphatic carbocycles. The van der Waals surface area contributed by atoms with Gasteiger partial charge in [0.1, 0.15) is 5.75 Å². The van der Waals surface area contributed by atoms with Crippen molar-refractivity contribution in [2.75, 3.05) is 27.7 Å². The number of benzene rings is 4. The average Bonchev–Trinajstić information content (AvgIpc) is 2.92. The summed E-state index contributed by atoms with van der Waals surface area (Å²) < 4.78 is 59.4. The number of amides is 1. The maximum absolute atomic E-state index is 12.8. The van der Waals surface area contributed by atoms with E-state index in [0.29, 0.717) is 28.4 Å². The molecule has 0 saturated carbocycles.